The molecule has 0 fully saturated rings. The molecule has 1 aliphatic rings. The smallest absolute Gasteiger partial charge is 0.270 e. The minimum atomic E-state index is -0.0540. The summed E-state index contributed by atoms with van der Waals surface area (Å²) in [5.41, 5.74) is 3.20. The van der Waals surface area contributed by atoms with Crippen molar-refractivity contribution in [3.8, 4) is 0 Å². The number of fused-ring (bicyclic) bond motifs is 1. The van der Waals surface area contributed by atoms with Crippen LogP contribution in [0.15, 0.2) is 36.5 Å². The number of amides is 1. The van der Waals surface area contributed by atoms with Crippen molar-refractivity contribution in [1.82, 2.24) is 15.1 Å². The minimum absolute atomic E-state index is 0.0540. The van der Waals surface area contributed by atoms with Crippen molar-refractivity contribution in [3.63, 3.8) is 0 Å². The highest BCUT2D eigenvalue weighted by molar-refractivity contribution is 5.92. The van der Waals surface area contributed by atoms with Crippen LogP contribution in [0.4, 0.5) is 0 Å². The minimum Gasteiger partial charge on any atom is -0.344 e. The van der Waals surface area contributed by atoms with Gasteiger partial charge in [-0.3, -0.25) is 9.48 Å². The number of rotatable bonds is 2. The SMILES string of the molecule is Cn1nccc1C(=O)NC1CCCc2ccccc21. The third kappa shape index (κ3) is 2.26. The predicted molar refractivity (Wildman–Crippen MR) is 72.8 cm³/mol. The fraction of sp³-hybridized carbons (Fsp3) is 0.333. The highest BCUT2D eigenvalue weighted by Gasteiger charge is 2.22. The average molecular weight is 255 g/mol. The molecule has 0 saturated heterocycles. The molecule has 1 aromatic heterocycles. The molecule has 1 N–H and O–H groups in total. The average Bonchev–Trinajstić information content (AvgIpc) is 2.85. The summed E-state index contributed by atoms with van der Waals surface area (Å²) in [4.78, 5) is 12.2. The number of carbonyl (C=O) groups excluding carboxylic acids is 1. The van der Waals surface area contributed by atoms with E-state index in [0.717, 1.165) is 19.3 Å². The lowest BCUT2D eigenvalue weighted by atomic mass is 9.88. The number of hydrogen-bond donors (Lipinski definition) is 1. The molecule has 1 unspecified atom stereocenters. The van der Waals surface area contributed by atoms with E-state index in [9.17, 15) is 4.79 Å². The Labute approximate surface area is 112 Å². The van der Waals surface area contributed by atoms with E-state index >= 15 is 0 Å². The van der Waals surface area contributed by atoms with Crippen molar-refractivity contribution in [3.05, 3.63) is 53.3 Å². The Kier molecular flexibility index (Phi) is 3.07. The van der Waals surface area contributed by atoms with E-state index in [2.05, 4.69) is 28.6 Å². The van der Waals surface area contributed by atoms with E-state index in [1.807, 2.05) is 6.07 Å². The Morgan fingerprint density at radius 3 is 3.00 bits per heavy atom. The van der Waals surface area contributed by atoms with E-state index in [0.29, 0.717) is 5.69 Å². The highest BCUT2D eigenvalue weighted by Crippen LogP contribution is 2.29. The van der Waals surface area contributed by atoms with Crippen molar-refractivity contribution in [1.29, 1.82) is 0 Å². The van der Waals surface area contributed by atoms with Gasteiger partial charge >= 0.3 is 0 Å². The van der Waals surface area contributed by atoms with Gasteiger partial charge in [0.05, 0.1) is 6.04 Å². The van der Waals surface area contributed by atoms with Crippen LogP contribution in [-0.4, -0.2) is 15.7 Å². The van der Waals surface area contributed by atoms with Gasteiger partial charge < -0.3 is 5.32 Å². The maximum atomic E-state index is 12.2. The first-order chi connectivity index (χ1) is 9.25. The Morgan fingerprint density at radius 1 is 1.37 bits per heavy atom. The molecule has 3 rings (SSSR count). The van der Waals surface area contributed by atoms with Gasteiger partial charge in [-0.15, -0.1) is 0 Å². The first-order valence-corrected chi connectivity index (χ1v) is 6.62. The van der Waals surface area contributed by atoms with Gasteiger partial charge in [-0.2, -0.15) is 5.10 Å². The summed E-state index contributed by atoms with van der Waals surface area (Å²) >= 11 is 0. The number of carbonyl (C=O) groups is 1. The van der Waals surface area contributed by atoms with Gasteiger partial charge in [0.2, 0.25) is 0 Å². The second-order valence-electron chi connectivity index (χ2n) is 4.96. The fourth-order valence-corrected chi connectivity index (χ4v) is 2.73. The number of hydrogen-bond acceptors (Lipinski definition) is 2. The number of aryl methyl sites for hydroxylation is 2. The zero-order valence-electron chi connectivity index (χ0n) is 11.0. The summed E-state index contributed by atoms with van der Waals surface area (Å²) < 4.78 is 1.60. The van der Waals surface area contributed by atoms with Crippen LogP contribution in [0.2, 0.25) is 0 Å². The van der Waals surface area contributed by atoms with Crippen LogP contribution in [0.5, 0.6) is 0 Å². The third-order valence-corrected chi connectivity index (χ3v) is 3.73. The topological polar surface area (TPSA) is 46.9 Å². The van der Waals surface area contributed by atoms with Crippen molar-refractivity contribution in [2.45, 2.75) is 25.3 Å². The predicted octanol–water partition coefficient (Wildman–Crippen LogP) is 2.23. The quantitative estimate of drug-likeness (QED) is 0.894. The number of nitrogens with one attached hydrogen (secondary N) is 1. The van der Waals surface area contributed by atoms with Crippen LogP contribution < -0.4 is 5.32 Å². The molecule has 0 bridgehead atoms. The molecule has 2 aromatic rings. The van der Waals surface area contributed by atoms with Gasteiger partial charge in [-0.05, 0) is 36.5 Å². The van der Waals surface area contributed by atoms with Crippen LogP contribution in [0.3, 0.4) is 0 Å². The van der Waals surface area contributed by atoms with Gasteiger partial charge in [-0.25, -0.2) is 0 Å². The lowest BCUT2D eigenvalue weighted by Crippen LogP contribution is -2.32. The highest BCUT2D eigenvalue weighted by atomic mass is 16.2. The normalized spacial score (nSPS) is 17.8. The van der Waals surface area contributed by atoms with E-state index in [1.54, 1.807) is 24.0 Å². The zero-order valence-corrected chi connectivity index (χ0v) is 11.0. The lowest BCUT2D eigenvalue weighted by Gasteiger charge is -2.26. The van der Waals surface area contributed by atoms with Crippen molar-refractivity contribution >= 4 is 5.91 Å². The number of aromatic nitrogens is 2. The molecule has 1 amide bonds. The molecular formula is C15H17N3O. The third-order valence-electron chi connectivity index (χ3n) is 3.73. The Bertz CT molecular complexity index is 603. The molecule has 98 valence electrons. The molecule has 1 aliphatic carbocycles. The van der Waals surface area contributed by atoms with Crippen molar-refractivity contribution in [2.24, 2.45) is 7.05 Å². The summed E-state index contributed by atoms with van der Waals surface area (Å²) in [7, 11) is 1.78. The van der Waals surface area contributed by atoms with Gasteiger partial charge in [0.1, 0.15) is 5.69 Å². The summed E-state index contributed by atoms with van der Waals surface area (Å²) in [6.45, 7) is 0. The monoisotopic (exact) mass is 255 g/mol. The maximum absolute atomic E-state index is 12.2. The molecule has 1 heterocycles. The molecule has 4 nitrogen and oxygen atoms in total. The van der Waals surface area contributed by atoms with E-state index < -0.39 is 0 Å². The molecule has 1 aromatic carbocycles. The fourth-order valence-electron chi connectivity index (χ4n) is 2.73. The molecule has 0 spiro atoms. The molecule has 0 radical (unpaired) electrons. The molecule has 1 atom stereocenters. The number of nitrogens with zero attached hydrogens (tertiary/aromatic N) is 2. The van der Waals surface area contributed by atoms with Crippen LogP contribution >= 0.6 is 0 Å². The second kappa shape index (κ2) is 4.88. The Balaban J connectivity index is 1.82. The maximum Gasteiger partial charge on any atom is 0.270 e. The van der Waals surface area contributed by atoms with E-state index in [4.69, 9.17) is 0 Å². The summed E-state index contributed by atoms with van der Waals surface area (Å²) in [6.07, 6.45) is 4.87. The van der Waals surface area contributed by atoms with Crippen LogP contribution in [0, 0.1) is 0 Å². The van der Waals surface area contributed by atoms with Gasteiger partial charge in [0.25, 0.3) is 5.91 Å². The zero-order chi connectivity index (χ0) is 13.2. The van der Waals surface area contributed by atoms with Gasteiger partial charge in [0, 0.05) is 13.2 Å². The molecule has 4 heteroatoms. The summed E-state index contributed by atoms with van der Waals surface area (Å²) in [5, 5.41) is 7.15. The second-order valence-corrected chi connectivity index (χ2v) is 4.96. The molecule has 0 aliphatic heterocycles. The van der Waals surface area contributed by atoms with Gasteiger partial charge in [0.15, 0.2) is 0 Å². The largest absolute Gasteiger partial charge is 0.344 e. The van der Waals surface area contributed by atoms with Crippen LogP contribution in [0.1, 0.15) is 40.5 Å². The Morgan fingerprint density at radius 2 is 2.21 bits per heavy atom. The summed E-state index contributed by atoms with van der Waals surface area (Å²) in [6, 6.07) is 10.2. The van der Waals surface area contributed by atoms with Crippen molar-refractivity contribution in [2.75, 3.05) is 0 Å². The number of benzene rings is 1. The van der Waals surface area contributed by atoms with E-state index in [-0.39, 0.29) is 11.9 Å². The van der Waals surface area contributed by atoms with Gasteiger partial charge in [-0.1, -0.05) is 24.3 Å². The Hall–Kier alpha value is -2.10. The van der Waals surface area contributed by atoms with E-state index in [1.165, 1.54) is 11.1 Å². The lowest BCUT2D eigenvalue weighted by molar-refractivity contribution is 0.0923. The first-order valence-electron chi connectivity index (χ1n) is 6.62. The molecule has 0 saturated carbocycles. The summed E-state index contributed by atoms with van der Waals surface area (Å²) in [5.74, 6) is -0.0540. The molecule has 19 heavy (non-hydrogen) atoms. The molecular weight excluding hydrogens is 238 g/mol. The van der Waals surface area contributed by atoms with Crippen LogP contribution in [-0.2, 0) is 13.5 Å². The van der Waals surface area contributed by atoms with Crippen molar-refractivity contribution < 1.29 is 4.79 Å². The van der Waals surface area contributed by atoms with Crippen LogP contribution in [0.25, 0.3) is 0 Å². The first kappa shape index (κ1) is 12.0. The standard InChI is InChI=1S/C15H17N3O/c1-18-14(9-10-16-18)15(19)17-13-8-4-6-11-5-2-3-7-12(11)13/h2-3,5,7,9-10,13H,4,6,8H2,1H3,(H,17,19).